The molecule has 0 heterocycles. The standard InChI is InChI=1S/C15H15NO5.C8H11NO2/c1-20-11-5-9(6-12(8-11)21-2)16-15(19)13-4-3-10(17)7-14(13)18;1-10-7-3-6(9)4-8(5-7)11-2/h3-8,17-18H,1-2H3,(H,16,19);3-5H,9H2,1-2H3. The van der Waals surface area contributed by atoms with Crippen LogP contribution in [0.3, 0.4) is 0 Å². The highest BCUT2D eigenvalue weighted by Gasteiger charge is 2.13. The number of phenolic OH excluding ortho intramolecular Hbond substituents is 2. The molecule has 170 valence electrons. The smallest absolute Gasteiger partial charge is 0.259 e. The Hall–Kier alpha value is -4.27. The number of ether oxygens (including phenoxy) is 4. The number of nitrogens with two attached hydrogens (primary N) is 1. The Labute approximate surface area is 185 Å². The summed E-state index contributed by atoms with van der Waals surface area (Å²) in [7, 11) is 6.20. The van der Waals surface area contributed by atoms with E-state index in [2.05, 4.69) is 5.32 Å². The Morgan fingerprint density at radius 1 is 0.750 bits per heavy atom. The van der Waals surface area contributed by atoms with Crippen molar-refractivity contribution < 1.29 is 34.0 Å². The average Bonchev–Trinajstić information content (AvgIpc) is 2.78. The fourth-order valence-electron chi connectivity index (χ4n) is 2.62. The maximum atomic E-state index is 12.1. The average molecular weight is 442 g/mol. The number of nitrogens with one attached hydrogen (secondary N) is 1. The van der Waals surface area contributed by atoms with Crippen molar-refractivity contribution in [3.63, 3.8) is 0 Å². The van der Waals surface area contributed by atoms with Crippen molar-refractivity contribution >= 4 is 17.3 Å². The number of rotatable bonds is 6. The molecular formula is C23H26N2O7. The van der Waals surface area contributed by atoms with E-state index in [1.165, 1.54) is 26.4 Å². The van der Waals surface area contributed by atoms with Crippen LogP contribution in [-0.4, -0.2) is 44.6 Å². The quantitative estimate of drug-likeness (QED) is 0.425. The van der Waals surface area contributed by atoms with Gasteiger partial charge in [0.25, 0.3) is 5.91 Å². The zero-order chi connectivity index (χ0) is 23.7. The van der Waals surface area contributed by atoms with Gasteiger partial charge in [-0.2, -0.15) is 0 Å². The van der Waals surface area contributed by atoms with Crippen LogP contribution >= 0.6 is 0 Å². The molecule has 0 aliphatic rings. The number of benzene rings is 3. The lowest BCUT2D eigenvalue weighted by atomic mass is 10.1. The summed E-state index contributed by atoms with van der Waals surface area (Å²) in [5.74, 6) is 1.54. The number of carbonyl (C=O) groups excluding carboxylic acids is 1. The molecule has 0 saturated heterocycles. The lowest BCUT2D eigenvalue weighted by molar-refractivity contribution is 0.102. The molecule has 3 rings (SSSR count). The number of anilines is 2. The fourth-order valence-corrected chi connectivity index (χ4v) is 2.62. The first kappa shape index (κ1) is 24.0. The molecule has 0 aliphatic carbocycles. The molecule has 0 atom stereocenters. The van der Waals surface area contributed by atoms with Crippen molar-refractivity contribution in [2.24, 2.45) is 0 Å². The highest BCUT2D eigenvalue weighted by molar-refractivity contribution is 6.06. The van der Waals surface area contributed by atoms with Gasteiger partial charge < -0.3 is 40.2 Å². The molecule has 5 N–H and O–H groups in total. The number of aromatic hydroxyl groups is 2. The maximum Gasteiger partial charge on any atom is 0.259 e. The monoisotopic (exact) mass is 442 g/mol. The second-order valence-corrected chi connectivity index (χ2v) is 6.40. The molecule has 0 radical (unpaired) electrons. The van der Waals surface area contributed by atoms with E-state index in [0.29, 0.717) is 34.4 Å². The zero-order valence-electron chi connectivity index (χ0n) is 18.2. The molecule has 3 aromatic carbocycles. The van der Waals surface area contributed by atoms with Gasteiger partial charge in [-0.15, -0.1) is 0 Å². The highest BCUT2D eigenvalue weighted by atomic mass is 16.5. The van der Waals surface area contributed by atoms with E-state index in [0.717, 1.165) is 6.07 Å². The summed E-state index contributed by atoms with van der Waals surface area (Å²) in [6, 6.07) is 13.9. The van der Waals surface area contributed by atoms with Crippen LogP contribution in [0.5, 0.6) is 34.5 Å². The number of phenols is 2. The molecule has 9 heteroatoms. The van der Waals surface area contributed by atoms with E-state index in [-0.39, 0.29) is 17.1 Å². The number of carbonyl (C=O) groups is 1. The predicted molar refractivity (Wildman–Crippen MR) is 121 cm³/mol. The largest absolute Gasteiger partial charge is 0.508 e. The zero-order valence-corrected chi connectivity index (χ0v) is 18.2. The summed E-state index contributed by atoms with van der Waals surface area (Å²) in [5, 5.41) is 21.5. The molecule has 0 spiro atoms. The first-order valence-electron chi connectivity index (χ1n) is 9.34. The maximum absolute atomic E-state index is 12.1. The lowest BCUT2D eigenvalue weighted by Crippen LogP contribution is -2.12. The number of methoxy groups -OCH3 is 4. The molecule has 3 aromatic rings. The van der Waals surface area contributed by atoms with E-state index in [1.54, 1.807) is 50.6 Å². The van der Waals surface area contributed by atoms with Crippen molar-refractivity contribution in [1.29, 1.82) is 0 Å². The first-order valence-corrected chi connectivity index (χ1v) is 9.34. The Kier molecular flexibility index (Phi) is 8.41. The minimum Gasteiger partial charge on any atom is -0.508 e. The third kappa shape index (κ3) is 6.63. The SMILES string of the molecule is COc1cc(N)cc(OC)c1.COc1cc(NC(=O)c2ccc(O)cc2O)cc(OC)c1. The Bertz CT molecular complexity index is 1030. The summed E-state index contributed by atoms with van der Waals surface area (Å²) in [5.41, 5.74) is 6.70. The van der Waals surface area contributed by atoms with Gasteiger partial charge in [0, 0.05) is 53.8 Å². The number of hydrogen-bond donors (Lipinski definition) is 4. The molecule has 9 nitrogen and oxygen atoms in total. The van der Waals surface area contributed by atoms with Gasteiger partial charge in [-0.25, -0.2) is 0 Å². The van der Waals surface area contributed by atoms with Crippen LogP contribution in [0, 0.1) is 0 Å². The van der Waals surface area contributed by atoms with Gasteiger partial charge in [0.1, 0.15) is 34.5 Å². The van der Waals surface area contributed by atoms with Crippen LogP contribution in [-0.2, 0) is 0 Å². The van der Waals surface area contributed by atoms with Crippen molar-refractivity contribution in [1.82, 2.24) is 0 Å². The minimum absolute atomic E-state index is 0.0505. The minimum atomic E-state index is -0.511. The predicted octanol–water partition coefficient (Wildman–Crippen LogP) is 3.65. The molecule has 0 aliphatic heterocycles. The third-order valence-corrected chi connectivity index (χ3v) is 4.21. The second kappa shape index (κ2) is 11.2. The van der Waals surface area contributed by atoms with Crippen molar-refractivity contribution in [3.05, 3.63) is 60.2 Å². The number of amides is 1. The van der Waals surface area contributed by atoms with E-state index in [1.807, 2.05) is 0 Å². The molecule has 1 amide bonds. The van der Waals surface area contributed by atoms with Crippen LogP contribution in [0.2, 0.25) is 0 Å². The van der Waals surface area contributed by atoms with Crippen LogP contribution in [0.15, 0.2) is 54.6 Å². The fraction of sp³-hybridized carbons (Fsp3) is 0.174. The van der Waals surface area contributed by atoms with Crippen LogP contribution in [0.25, 0.3) is 0 Å². The Morgan fingerprint density at radius 2 is 1.22 bits per heavy atom. The van der Waals surface area contributed by atoms with E-state index < -0.39 is 5.91 Å². The van der Waals surface area contributed by atoms with Crippen LogP contribution in [0.1, 0.15) is 10.4 Å². The molecule has 0 fully saturated rings. The van der Waals surface area contributed by atoms with Crippen LogP contribution < -0.4 is 30.0 Å². The molecule has 32 heavy (non-hydrogen) atoms. The van der Waals surface area contributed by atoms with Gasteiger partial charge >= 0.3 is 0 Å². The summed E-state index contributed by atoms with van der Waals surface area (Å²) < 4.78 is 20.2. The topological polar surface area (TPSA) is 132 Å². The lowest BCUT2D eigenvalue weighted by Gasteiger charge is -2.10. The van der Waals surface area contributed by atoms with E-state index >= 15 is 0 Å². The van der Waals surface area contributed by atoms with Crippen molar-refractivity contribution in [2.45, 2.75) is 0 Å². The number of nitrogen functional groups attached to an aromatic ring is 1. The van der Waals surface area contributed by atoms with Crippen molar-refractivity contribution in [3.8, 4) is 34.5 Å². The van der Waals surface area contributed by atoms with Gasteiger partial charge in [0.15, 0.2) is 0 Å². The normalized spacial score (nSPS) is 9.75. The molecule has 0 bridgehead atoms. The summed E-state index contributed by atoms with van der Waals surface area (Å²) in [6.45, 7) is 0. The first-order chi connectivity index (χ1) is 15.3. The molecule has 0 unspecified atom stereocenters. The summed E-state index contributed by atoms with van der Waals surface area (Å²) >= 11 is 0. The van der Waals surface area contributed by atoms with Gasteiger partial charge in [0.2, 0.25) is 0 Å². The molecule has 0 saturated carbocycles. The Balaban J connectivity index is 0.000000278. The van der Waals surface area contributed by atoms with Gasteiger partial charge in [-0.3, -0.25) is 4.79 Å². The van der Waals surface area contributed by atoms with Gasteiger partial charge in [0.05, 0.1) is 34.0 Å². The molecular weight excluding hydrogens is 416 g/mol. The summed E-state index contributed by atoms with van der Waals surface area (Å²) in [4.78, 5) is 12.1. The van der Waals surface area contributed by atoms with E-state index in [9.17, 15) is 15.0 Å². The van der Waals surface area contributed by atoms with E-state index in [4.69, 9.17) is 24.7 Å². The Morgan fingerprint density at radius 3 is 1.66 bits per heavy atom. The third-order valence-electron chi connectivity index (χ3n) is 4.21. The number of hydrogen-bond acceptors (Lipinski definition) is 8. The van der Waals surface area contributed by atoms with Gasteiger partial charge in [-0.05, 0) is 12.1 Å². The van der Waals surface area contributed by atoms with Gasteiger partial charge in [-0.1, -0.05) is 0 Å². The highest BCUT2D eigenvalue weighted by Crippen LogP contribution is 2.28. The molecule has 0 aromatic heterocycles. The van der Waals surface area contributed by atoms with Crippen LogP contribution in [0.4, 0.5) is 11.4 Å². The van der Waals surface area contributed by atoms with Crippen molar-refractivity contribution in [2.75, 3.05) is 39.5 Å². The summed E-state index contributed by atoms with van der Waals surface area (Å²) in [6.07, 6.45) is 0. The second-order valence-electron chi connectivity index (χ2n) is 6.40.